The Morgan fingerprint density at radius 3 is 2.35 bits per heavy atom. The van der Waals surface area contributed by atoms with Crippen LogP contribution in [-0.4, -0.2) is 22.6 Å². The van der Waals surface area contributed by atoms with E-state index in [4.69, 9.17) is 0 Å². The van der Waals surface area contributed by atoms with Crippen LogP contribution in [0.3, 0.4) is 0 Å². The van der Waals surface area contributed by atoms with Gasteiger partial charge in [0.05, 0.1) is 6.21 Å². The number of rotatable bonds is 8. The van der Waals surface area contributed by atoms with Gasteiger partial charge in [-0.15, -0.1) is 11.3 Å². The summed E-state index contributed by atoms with van der Waals surface area (Å²) in [7, 11) is 0. The average molecular weight is 505 g/mol. The van der Waals surface area contributed by atoms with Gasteiger partial charge in [0, 0.05) is 39.6 Å². The normalized spacial score (nSPS) is 11.6. The monoisotopic (exact) mass is 504 g/mol. The number of thiophene rings is 1. The molecular formula is C30H24N4O2S. The van der Waals surface area contributed by atoms with Crippen LogP contribution in [0.25, 0.3) is 17.0 Å². The lowest BCUT2D eigenvalue weighted by molar-refractivity contribution is -0.117. The number of nitrogens with zero attached hydrogens (tertiary/aromatic N) is 2. The van der Waals surface area contributed by atoms with Gasteiger partial charge in [0.1, 0.15) is 5.70 Å². The molecule has 2 amide bonds. The van der Waals surface area contributed by atoms with Gasteiger partial charge in [0.2, 0.25) is 0 Å². The molecule has 5 rings (SSSR count). The summed E-state index contributed by atoms with van der Waals surface area (Å²) in [5.74, 6) is -0.881. The van der Waals surface area contributed by atoms with E-state index in [1.54, 1.807) is 36.6 Å². The highest BCUT2D eigenvalue weighted by atomic mass is 32.1. The molecule has 37 heavy (non-hydrogen) atoms. The van der Waals surface area contributed by atoms with Gasteiger partial charge < -0.3 is 9.88 Å². The fourth-order valence-electron chi connectivity index (χ4n) is 3.97. The van der Waals surface area contributed by atoms with E-state index in [-0.39, 0.29) is 11.6 Å². The molecule has 0 saturated carbocycles. The van der Waals surface area contributed by atoms with Crippen LogP contribution in [0.1, 0.15) is 26.4 Å². The van der Waals surface area contributed by atoms with Crippen molar-refractivity contribution < 1.29 is 9.59 Å². The Morgan fingerprint density at radius 2 is 1.59 bits per heavy atom. The van der Waals surface area contributed by atoms with Crippen molar-refractivity contribution in [2.24, 2.45) is 5.10 Å². The number of fused-ring (bicyclic) bond motifs is 1. The maximum absolute atomic E-state index is 13.0. The Kier molecular flexibility index (Phi) is 7.34. The van der Waals surface area contributed by atoms with Crippen LogP contribution in [0.2, 0.25) is 0 Å². The zero-order valence-electron chi connectivity index (χ0n) is 19.9. The Labute approximate surface area is 218 Å². The van der Waals surface area contributed by atoms with Crippen molar-refractivity contribution in [3.05, 3.63) is 136 Å². The van der Waals surface area contributed by atoms with E-state index < -0.39 is 5.91 Å². The van der Waals surface area contributed by atoms with Crippen LogP contribution in [-0.2, 0) is 11.3 Å². The quantitative estimate of drug-likeness (QED) is 0.162. The standard InChI is InChI=1S/C30H24N4O2S/c35-29(23-12-5-2-6-13-23)32-27(18-25-14-9-17-37-25)30(36)33-31-19-24-21-34(20-22-10-3-1-4-11-22)28-16-8-7-15-26(24)28/h1-19,21H,20H2,(H,32,35)(H,33,36)/b27-18-,31-19-. The Balaban J connectivity index is 1.35. The number of amides is 2. The minimum Gasteiger partial charge on any atom is -0.342 e. The molecule has 2 N–H and O–H groups in total. The van der Waals surface area contributed by atoms with Crippen LogP contribution < -0.4 is 10.7 Å². The molecule has 0 aliphatic heterocycles. The molecule has 7 heteroatoms. The smallest absolute Gasteiger partial charge is 0.287 e. The van der Waals surface area contributed by atoms with Crippen molar-refractivity contribution in [3.8, 4) is 0 Å². The second-order valence-corrected chi connectivity index (χ2v) is 9.29. The number of hydrogen-bond acceptors (Lipinski definition) is 4. The first-order valence-corrected chi connectivity index (χ1v) is 12.6. The second-order valence-electron chi connectivity index (χ2n) is 8.31. The first-order chi connectivity index (χ1) is 18.2. The Bertz CT molecular complexity index is 1570. The number of carbonyl (C=O) groups is 2. The van der Waals surface area contributed by atoms with E-state index in [2.05, 4.69) is 38.6 Å². The SMILES string of the molecule is O=C(N/N=C\c1cn(Cc2ccccc2)c2ccccc12)/C(=C/c1cccs1)NC(=O)c1ccccc1. The van der Waals surface area contributed by atoms with Crippen LogP contribution in [0.15, 0.2) is 119 Å². The van der Waals surface area contributed by atoms with Crippen molar-refractivity contribution in [2.75, 3.05) is 0 Å². The number of benzene rings is 3. The number of carbonyl (C=O) groups excluding carboxylic acids is 2. The largest absolute Gasteiger partial charge is 0.342 e. The molecule has 5 aromatic rings. The molecule has 0 aliphatic carbocycles. The molecular weight excluding hydrogens is 480 g/mol. The number of para-hydroxylation sites is 1. The predicted octanol–water partition coefficient (Wildman–Crippen LogP) is 5.67. The maximum Gasteiger partial charge on any atom is 0.287 e. The molecule has 0 fully saturated rings. The van der Waals surface area contributed by atoms with Crippen molar-refractivity contribution in [2.45, 2.75) is 6.54 Å². The van der Waals surface area contributed by atoms with Gasteiger partial charge >= 0.3 is 0 Å². The van der Waals surface area contributed by atoms with Gasteiger partial charge in [-0.3, -0.25) is 9.59 Å². The van der Waals surface area contributed by atoms with Crippen LogP contribution >= 0.6 is 11.3 Å². The van der Waals surface area contributed by atoms with Crippen LogP contribution in [0.4, 0.5) is 0 Å². The van der Waals surface area contributed by atoms with Gasteiger partial charge in [-0.25, -0.2) is 5.43 Å². The molecule has 0 saturated heterocycles. The molecule has 182 valence electrons. The highest BCUT2D eigenvalue weighted by molar-refractivity contribution is 7.10. The molecule has 0 radical (unpaired) electrons. The number of aromatic nitrogens is 1. The van der Waals surface area contributed by atoms with Gasteiger partial charge in [0.25, 0.3) is 11.8 Å². The summed E-state index contributed by atoms with van der Waals surface area (Å²) >= 11 is 1.47. The molecule has 0 unspecified atom stereocenters. The zero-order valence-corrected chi connectivity index (χ0v) is 20.7. The van der Waals surface area contributed by atoms with E-state index in [9.17, 15) is 9.59 Å². The molecule has 6 nitrogen and oxygen atoms in total. The highest BCUT2D eigenvalue weighted by Gasteiger charge is 2.15. The van der Waals surface area contributed by atoms with Gasteiger partial charge in [-0.05, 0) is 41.3 Å². The first-order valence-electron chi connectivity index (χ1n) is 11.7. The minimum absolute atomic E-state index is 0.111. The third-order valence-corrected chi connectivity index (χ3v) is 6.56. The minimum atomic E-state index is -0.512. The van der Waals surface area contributed by atoms with E-state index in [0.29, 0.717) is 5.56 Å². The first kappa shape index (κ1) is 24.0. The summed E-state index contributed by atoms with van der Waals surface area (Å²) in [5.41, 5.74) is 6.29. The fraction of sp³-hybridized carbons (Fsp3) is 0.0333. The maximum atomic E-state index is 13.0. The summed E-state index contributed by atoms with van der Waals surface area (Å²) < 4.78 is 2.16. The summed E-state index contributed by atoms with van der Waals surface area (Å²) in [4.78, 5) is 26.6. The van der Waals surface area contributed by atoms with Gasteiger partial charge in [0.15, 0.2) is 0 Å². The lowest BCUT2D eigenvalue weighted by atomic mass is 10.2. The van der Waals surface area contributed by atoms with Crippen molar-refractivity contribution in [3.63, 3.8) is 0 Å². The molecule has 3 aromatic carbocycles. The Morgan fingerprint density at radius 1 is 0.865 bits per heavy atom. The lowest BCUT2D eigenvalue weighted by Crippen LogP contribution is -2.32. The number of nitrogens with one attached hydrogen (secondary N) is 2. The van der Waals surface area contributed by atoms with E-state index in [0.717, 1.165) is 27.9 Å². The highest BCUT2D eigenvalue weighted by Crippen LogP contribution is 2.21. The number of hydrazone groups is 1. The second kappa shape index (κ2) is 11.3. The summed E-state index contributed by atoms with van der Waals surface area (Å²) in [6.07, 6.45) is 5.29. The van der Waals surface area contributed by atoms with E-state index >= 15 is 0 Å². The molecule has 0 spiro atoms. The summed E-state index contributed by atoms with van der Waals surface area (Å²) in [6.45, 7) is 0.723. The summed E-state index contributed by atoms with van der Waals surface area (Å²) in [6, 6.07) is 30.8. The Hall–Kier alpha value is -4.75. The molecule has 0 atom stereocenters. The fourth-order valence-corrected chi connectivity index (χ4v) is 4.63. The average Bonchev–Trinajstić information content (AvgIpc) is 3.57. The summed E-state index contributed by atoms with van der Waals surface area (Å²) in [5, 5.41) is 9.87. The lowest BCUT2D eigenvalue weighted by Gasteiger charge is -2.08. The van der Waals surface area contributed by atoms with E-state index in [1.165, 1.54) is 16.9 Å². The van der Waals surface area contributed by atoms with Gasteiger partial charge in [-0.1, -0.05) is 72.8 Å². The van der Waals surface area contributed by atoms with Crippen molar-refractivity contribution >= 4 is 46.3 Å². The topological polar surface area (TPSA) is 75.5 Å². The molecule has 0 aliphatic rings. The van der Waals surface area contributed by atoms with Crippen molar-refractivity contribution in [1.82, 2.24) is 15.3 Å². The van der Waals surface area contributed by atoms with E-state index in [1.807, 2.05) is 66.2 Å². The van der Waals surface area contributed by atoms with Gasteiger partial charge in [-0.2, -0.15) is 5.10 Å². The van der Waals surface area contributed by atoms with Crippen LogP contribution in [0.5, 0.6) is 0 Å². The number of hydrogen-bond donors (Lipinski definition) is 2. The molecule has 0 bridgehead atoms. The zero-order chi connectivity index (χ0) is 25.5. The predicted molar refractivity (Wildman–Crippen MR) is 149 cm³/mol. The van der Waals surface area contributed by atoms with Crippen molar-refractivity contribution in [1.29, 1.82) is 0 Å². The third-order valence-electron chi connectivity index (χ3n) is 5.74. The molecule has 2 heterocycles. The van der Waals surface area contributed by atoms with Crippen LogP contribution in [0, 0.1) is 0 Å². The molecule has 2 aromatic heterocycles. The third kappa shape index (κ3) is 5.91.